The van der Waals surface area contributed by atoms with Crippen molar-refractivity contribution in [3.8, 4) is 5.75 Å². The first-order valence-electron chi connectivity index (χ1n) is 6.68. The first kappa shape index (κ1) is 13.4. The minimum atomic E-state index is 0.329. The summed E-state index contributed by atoms with van der Waals surface area (Å²) in [5.74, 6) is 1.55. The third-order valence-electron chi connectivity index (χ3n) is 3.78. The van der Waals surface area contributed by atoms with Crippen LogP contribution in [0.4, 0.5) is 0 Å². The molecule has 0 aromatic heterocycles. The van der Waals surface area contributed by atoms with E-state index in [9.17, 15) is 0 Å². The summed E-state index contributed by atoms with van der Waals surface area (Å²) in [6.07, 6.45) is 1.17. The van der Waals surface area contributed by atoms with E-state index in [0.29, 0.717) is 18.0 Å². The smallest absolute Gasteiger partial charge is 0.119 e. The molecule has 1 aromatic carbocycles. The van der Waals surface area contributed by atoms with Gasteiger partial charge in [-0.05, 0) is 43.9 Å². The molecule has 1 fully saturated rings. The van der Waals surface area contributed by atoms with Crippen molar-refractivity contribution in [3.05, 3.63) is 29.8 Å². The van der Waals surface area contributed by atoms with Gasteiger partial charge in [-0.3, -0.25) is 0 Å². The Morgan fingerprint density at radius 1 is 1.39 bits per heavy atom. The summed E-state index contributed by atoms with van der Waals surface area (Å²) in [6.45, 7) is 6.24. The lowest BCUT2D eigenvalue weighted by atomic mass is 9.98. The highest BCUT2D eigenvalue weighted by Crippen LogP contribution is 2.22. The maximum absolute atomic E-state index is 5.44. The van der Waals surface area contributed by atoms with Gasteiger partial charge in [0, 0.05) is 18.7 Å². The van der Waals surface area contributed by atoms with Crippen molar-refractivity contribution in [3.63, 3.8) is 0 Å². The van der Waals surface area contributed by atoms with E-state index in [-0.39, 0.29) is 0 Å². The zero-order valence-electron chi connectivity index (χ0n) is 11.5. The average molecular weight is 249 g/mol. The molecule has 0 spiro atoms. The number of nitrogens with one attached hydrogen (secondary N) is 1. The van der Waals surface area contributed by atoms with Crippen molar-refractivity contribution < 1.29 is 9.47 Å². The molecule has 0 amide bonds. The predicted octanol–water partition coefficient (Wildman–Crippen LogP) is 2.77. The molecule has 100 valence electrons. The van der Waals surface area contributed by atoms with Crippen molar-refractivity contribution in [1.29, 1.82) is 0 Å². The van der Waals surface area contributed by atoms with E-state index in [4.69, 9.17) is 9.47 Å². The van der Waals surface area contributed by atoms with E-state index in [1.165, 1.54) is 12.0 Å². The fraction of sp³-hybridized carbons (Fsp3) is 0.600. The molecule has 0 radical (unpaired) electrons. The van der Waals surface area contributed by atoms with Gasteiger partial charge >= 0.3 is 0 Å². The van der Waals surface area contributed by atoms with E-state index in [2.05, 4.69) is 31.3 Å². The van der Waals surface area contributed by atoms with Crippen molar-refractivity contribution in [2.75, 3.05) is 20.3 Å². The topological polar surface area (TPSA) is 30.5 Å². The minimum Gasteiger partial charge on any atom is -0.497 e. The highest BCUT2D eigenvalue weighted by atomic mass is 16.5. The maximum Gasteiger partial charge on any atom is 0.119 e. The van der Waals surface area contributed by atoms with Gasteiger partial charge in [-0.25, -0.2) is 0 Å². The molecule has 1 aliphatic rings. The lowest BCUT2D eigenvalue weighted by Gasteiger charge is -2.24. The zero-order chi connectivity index (χ0) is 13.0. The Morgan fingerprint density at radius 2 is 2.22 bits per heavy atom. The van der Waals surface area contributed by atoms with E-state index >= 15 is 0 Å². The third kappa shape index (κ3) is 3.24. The van der Waals surface area contributed by atoms with Gasteiger partial charge in [-0.2, -0.15) is 0 Å². The van der Waals surface area contributed by atoms with Crippen LogP contribution < -0.4 is 10.1 Å². The molecular formula is C15H23NO2. The molecule has 18 heavy (non-hydrogen) atoms. The van der Waals surface area contributed by atoms with Crippen LogP contribution in [0.2, 0.25) is 0 Å². The summed E-state index contributed by atoms with van der Waals surface area (Å²) in [5.41, 5.74) is 1.26. The molecule has 1 aliphatic heterocycles. The van der Waals surface area contributed by atoms with Gasteiger partial charge in [-0.15, -0.1) is 0 Å². The molecule has 1 N–H and O–H groups in total. The van der Waals surface area contributed by atoms with Crippen molar-refractivity contribution in [2.24, 2.45) is 5.92 Å². The van der Waals surface area contributed by atoms with Crippen LogP contribution in [0.3, 0.4) is 0 Å². The number of ether oxygens (including phenoxy) is 2. The van der Waals surface area contributed by atoms with Gasteiger partial charge < -0.3 is 14.8 Å². The highest BCUT2D eigenvalue weighted by molar-refractivity contribution is 5.30. The summed E-state index contributed by atoms with van der Waals surface area (Å²) in [6, 6.07) is 9.05. The van der Waals surface area contributed by atoms with E-state index < -0.39 is 0 Å². The number of rotatable bonds is 5. The van der Waals surface area contributed by atoms with E-state index in [0.717, 1.165) is 19.0 Å². The molecule has 1 heterocycles. The molecule has 0 aliphatic carbocycles. The molecule has 3 nitrogen and oxygen atoms in total. The number of hydrogen-bond acceptors (Lipinski definition) is 3. The quantitative estimate of drug-likeness (QED) is 0.870. The van der Waals surface area contributed by atoms with Crippen LogP contribution in [0.1, 0.15) is 31.9 Å². The first-order chi connectivity index (χ1) is 8.70. The summed E-state index contributed by atoms with van der Waals surface area (Å²) >= 11 is 0. The lowest BCUT2D eigenvalue weighted by Crippen LogP contribution is -2.35. The fourth-order valence-corrected chi connectivity index (χ4v) is 2.48. The van der Waals surface area contributed by atoms with Gasteiger partial charge in [0.05, 0.1) is 13.7 Å². The Balaban J connectivity index is 1.95. The van der Waals surface area contributed by atoms with Crippen molar-refractivity contribution in [1.82, 2.24) is 5.32 Å². The number of hydrogen-bond donors (Lipinski definition) is 1. The Hall–Kier alpha value is -1.06. The van der Waals surface area contributed by atoms with Crippen molar-refractivity contribution >= 4 is 0 Å². The van der Waals surface area contributed by atoms with Crippen LogP contribution in [0.25, 0.3) is 0 Å². The predicted molar refractivity (Wildman–Crippen MR) is 72.9 cm³/mol. The van der Waals surface area contributed by atoms with Crippen LogP contribution in [0.5, 0.6) is 5.75 Å². The molecule has 0 bridgehead atoms. The monoisotopic (exact) mass is 249 g/mol. The Labute approximate surface area is 109 Å². The highest BCUT2D eigenvalue weighted by Gasteiger charge is 2.23. The van der Waals surface area contributed by atoms with Crippen LogP contribution >= 0.6 is 0 Å². The maximum atomic E-state index is 5.44. The zero-order valence-corrected chi connectivity index (χ0v) is 11.5. The van der Waals surface area contributed by atoms with Crippen molar-refractivity contribution in [2.45, 2.75) is 32.4 Å². The van der Waals surface area contributed by atoms with Gasteiger partial charge in [0.15, 0.2) is 0 Å². The van der Waals surface area contributed by atoms with Gasteiger partial charge in [-0.1, -0.05) is 12.1 Å². The van der Waals surface area contributed by atoms with Gasteiger partial charge in [0.1, 0.15) is 5.75 Å². The number of benzene rings is 1. The Bertz CT molecular complexity index is 375. The summed E-state index contributed by atoms with van der Waals surface area (Å²) in [5, 5.41) is 3.65. The Morgan fingerprint density at radius 3 is 2.89 bits per heavy atom. The van der Waals surface area contributed by atoms with Crippen LogP contribution in [-0.4, -0.2) is 26.4 Å². The Kier molecular flexibility index (Phi) is 4.61. The second-order valence-electron chi connectivity index (χ2n) is 5.08. The van der Waals surface area contributed by atoms with Crippen LogP contribution in [0, 0.1) is 5.92 Å². The summed E-state index contributed by atoms with van der Waals surface area (Å²) in [7, 11) is 1.70. The van der Waals surface area contributed by atoms with Crippen LogP contribution in [0.15, 0.2) is 24.3 Å². The SMILES string of the molecule is COc1cccc([C@@H](C)NC(C)C2CCOC2)c1. The second-order valence-corrected chi connectivity index (χ2v) is 5.08. The lowest BCUT2D eigenvalue weighted by molar-refractivity contribution is 0.177. The van der Waals surface area contributed by atoms with Crippen LogP contribution in [-0.2, 0) is 4.74 Å². The third-order valence-corrected chi connectivity index (χ3v) is 3.78. The molecule has 3 heteroatoms. The molecule has 2 rings (SSSR count). The fourth-order valence-electron chi connectivity index (χ4n) is 2.48. The minimum absolute atomic E-state index is 0.329. The average Bonchev–Trinajstić information content (AvgIpc) is 2.92. The largest absolute Gasteiger partial charge is 0.497 e. The molecule has 0 saturated carbocycles. The standard InChI is InChI=1S/C15H23NO2/c1-11(13-5-4-6-15(9-13)17-3)16-12(2)14-7-8-18-10-14/h4-6,9,11-12,14,16H,7-8,10H2,1-3H3/t11-,12?,14?/m1/s1. The van der Waals surface area contributed by atoms with Gasteiger partial charge in [0.2, 0.25) is 0 Å². The molecule has 3 atom stereocenters. The summed E-state index contributed by atoms with van der Waals surface area (Å²) in [4.78, 5) is 0. The summed E-state index contributed by atoms with van der Waals surface area (Å²) < 4.78 is 10.7. The molecule has 1 saturated heterocycles. The normalized spacial score (nSPS) is 22.7. The molecule has 2 unspecified atom stereocenters. The van der Waals surface area contributed by atoms with E-state index in [1.807, 2.05) is 12.1 Å². The molecule has 1 aromatic rings. The van der Waals surface area contributed by atoms with E-state index in [1.54, 1.807) is 7.11 Å². The molecular weight excluding hydrogens is 226 g/mol. The second kappa shape index (κ2) is 6.21. The number of methoxy groups -OCH3 is 1. The first-order valence-corrected chi connectivity index (χ1v) is 6.68. The van der Waals surface area contributed by atoms with Gasteiger partial charge in [0.25, 0.3) is 0 Å².